The molecule has 0 aromatic heterocycles. The summed E-state index contributed by atoms with van der Waals surface area (Å²) in [6, 6.07) is 26.8. The molecule has 0 aliphatic carbocycles. The lowest BCUT2D eigenvalue weighted by Gasteiger charge is -2.42. The molecule has 2 unspecified atom stereocenters. The molecule has 1 heterocycles. The zero-order valence-corrected chi connectivity index (χ0v) is 19.7. The lowest BCUT2D eigenvalue weighted by Crippen LogP contribution is -2.48. The van der Waals surface area contributed by atoms with Crippen LogP contribution >= 0.6 is 12.4 Å². The number of aryl methyl sites for hydroxylation is 1. The van der Waals surface area contributed by atoms with E-state index in [1.807, 2.05) is 42.5 Å². The summed E-state index contributed by atoms with van der Waals surface area (Å²) in [4.78, 5) is 4.94. The number of methoxy groups -OCH3 is 1. The molecule has 3 aromatic rings. The molecule has 0 amide bonds. The van der Waals surface area contributed by atoms with Crippen molar-refractivity contribution in [3.8, 4) is 5.75 Å². The van der Waals surface area contributed by atoms with Crippen molar-refractivity contribution in [3.05, 3.63) is 101 Å². The molecule has 1 saturated heterocycles. The van der Waals surface area contributed by atoms with Crippen molar-refractivity contribution < 1.29 is 9.84 Å². The van der Waals surface area contributed by atoms with Gasteiger partial charge in [-0.1, -0.05) is 66.7 Å². The molecule has 2 atom stereocenters. The summed E-state index contributed by atoms with van der Waals surface area (Å²) in [6.07, 6.45) is -0.560. The highest BCUT2D eigenvalue weighted by molar-refractivity contribution is 5.85. The molecule has 0 radical (unpaired) electrons. The Morgan fingerprint density at radius 2 is 1.47 bits per heavy atom. The summed E-state index contributed by atoms with van der Waals surface area (Å²) in [5.74, 6) is 0.893. The second-order valence-electron chi connectivity index (χ2n) is 8.32. The third-order valence-corrected chi connectivity index (χ3v) is 6.31. The van der Waals surface area contributed by atoms with Gasteiger partial charge in [0.2, 0.25) is 0 Å². The van der Waals surface area contributed by atoms with Gasteiger partial charge in [-0.25, -0.2) is 0 Å². The molecule has 0 spiro atoms. The summed E-state index contributed by atoms with van der Waals surface area (Å²) in [5.41, 5.74) is 4.70. The number of ether oxygens (including phenoxy) is 1. The van der Waals surface area contributed by atoms with Gasteiger partial charge in [-0.2, -0.15) is 0 Å². The van der Waals surface area contributed by atoms with Crippen molar-refractivity contribution in [2.75, 3.05) is 33.3 Å². The fourth-order valence-corrected chi connectivity index (χ4v) is 4.51. The summed E-state index contributed by atoms with van der Waals surface area (Å²) >= 11 is 0. The van der Waals surface area contributed by atoms with Gasteiger partial charge in [0.15, 0.2) is 0 Å². The number of halogens is 1. The van der Waals surface area contributed by atoms with Crippen LogP contribution in [0.25, 0.3) is 0 Å². The Morgan fingerprint density at radius 3 is 2.09 bits per heavy atom. The average Bonchev–Trinajstić information content (AvgIpc) is 2.82. The van der Waals surface area contributed by atoms with E-state index < -0.39 is 6.10 Å². The van der Waals surface area contributed by atoms with E-state index in [1.165, 1.54) is 16.7 Å². The Kier molecular flexibility index (Phi) is 8.71. The predicted octanol–water partition coefficient (Wildman–Crippen LogP) is 5.02. The van der Waals surface area contributed by atoms with Gasteiger partial charge in [0.05, 0.1) is 19.3 Å². The van der Waals surface area contributed by atoms with Crippen LogP contribution in [0.15, 0.2) is 78.9 Å². The van der Waals surface area contributed by atoms with E-state index in [1.54, 1.807) is 7.11 Å². The van der Waals surface area contributed by atoms with Crippen molar-refractivity contribution in [2.24, 2.45) is 0 Å². The molecule has 32 heavy (non-hydrogen) atoms. The molecule has 0 bridgehead atoms. The molecule has 5 heteroatoms. The maximum Gasteiger partial charge on any atom is 0.118 e. The molecule has 3 aromatic carbocycles. The first-order valence-corrected chi connectivity index (χ1v) is 11.0. The Hall–Kier alpha value is -2.37. The van der Waals surface area contributed by atoms with Gasteiger partial charge in [-0.05, 0) is 41.3 Å². The molecule has 1 N–H and O–H groups in total. The van der Waals surface area contributed by atoms with Crippen LogP contribution in [-0.2, 0) is 6.54 Å². The average molecular weight is 453 g/mol. The highest BCUT2D eigenvalue weighted by Gasteiger charge is 2.32. The fraction of sp³-hybridized carbons (Fsp3) is 0.333. The lowest BCUT2D eigenvalue weighted by molar-refractivity contribution is 0.0146. The van der Waals surface area contributed by atoms with Gasteiger partial charge in [0.1, 0.15) is 5.75 Å². The second-order valence-corrected chi connectivity index (χ2v) is 8.32. The van der Waals surface area contributed by atoms with E-state index in [0.29, 0.717) is 0 Å². The molecule has 1 aliphatic rings. The number of piperazine rings is 1. The van der Waals surface area contributed by atoms with Crippen LogP contribution in [0.1, 0.15) is 34.4 Å². The molecule has 4 nitrogen and oxygen atoms in total. The summed E-state index contributed by atoms with van der Waals surface area (Å²) in [5, 5.41) is 11.4. The Labute approximate surface area is 197 Å². The van der Waals surface area contributed by atoms with Crippen molar-refractivity contribution in [3.63, 3.8) is 0 Å². The van der Waals surface area contributed by atoms with E-state index in [4.69, 9.17) is 4.74 Å². The molecule has 0 saturated carbocycles. The van der Waals surface area contributed by atoms with Crippen LogP contribution in [0.4, 0.5) is 0 Å². The van der Waals surface area contributed by atoms with Gasteiger partial charge in [-0.3, -0.25) is 9.80 Å². The minimum atomic E-state index is -0.560. The fourth-order valence-electron chi connectivity index (χ4n) is 4.51. The molecule has 1 aliphatic heterocycles. The maximum atomic E-state index is 11.4. The molecule has 4 rings (SSSR count). The van der Waals surface area contributed by atoms with E-state index in [-0.39, 0.29) is 18.4 Å². The first-order chi connectivity index (χ1) is 15.2. The van der Waals surface area contributed by atoms with Crippen LogP contribution in [0.2, 0.25) is 0 Å². The first-order valence-electron chi connectivity index (χ1n) is 11.0. The summed E-state index contributed by atoms with van der Waals surface area (Å²) < 4.78 is 5.27. The van der Waals surface area contributed by atoms with Gasteiger partial charge in [0.25, 0.3) is 0 Å². The van der Waals surface area contributed by atoms with Crippen LogP contribution in [0, 0.1) is 6.92 Å². The van der Waals surface area contributed by atoms with Crippen LogP contribution in [-0.4, -0.2) is 48.2 Å². The number of hydrogen-bond acceptors (Lipinski definition) is 4. The molecule has 170 valence electrons. The second kappa shape index (κ2) is 11.5. The zero-order valence-electron chi connectivity index (χ0n) is 18.9. The van der Waals surface area contributed by atoms with Crippen molar-refractivity contribution in [1.82, 2.24) is 9.80 Å². The van der Waals surface area contributed by atoms with Gasteiger partial charge in [-0.15, -0.1) is 12.4 Å². The third kappa shape index (κ3) is 5.70. The Bertz CT molecular complexity index is 957. The van der Waals surface area contributed by atoms with E-state index in [0.717, 1.165) is 44.0 Å². The SMILES string of the molecule is COc1ccc(CN2CCN(C(c3ccccc3C)C(O)c3ccccc3)CC2)cc1.Cl. The zero-order chi connectivity index (χ0) is 21.6. The topological polar surface area (TPSA) is 35.9 Å². The quantitative estimate of drug-likeness (QED) is 0.546. The van der Waals surface area contributed by atoms with Crippen LogP contribution in [0.5, 0.6) is 5.75 Å². The molecular formula is C27H33ClN2O2. The third-order valence-electron chi connectivity index (χ3n) is 6.31. The first kappa shape index (κ1) is 24.3. The monoisotopic (exact) mass is 452 g/mol. The van der Waals surface area contributed by atoms with Crippen molar-refractivity contribution in [2.45, 2.75) is 25.6 Å². The number of rotatable bonds is 7. The molecule has 1 fully saturated rings. The largest absolute Gasteiger partial charge is 0.497 e. The number of hydrogen-bond donors (Lipinski definition) is 1. The number of aliphatic hydroxyl groups excluding tert-OH is 1. The smallest absolute Gasteiger partial charge is 0.118 e. The minimum Gasteiger partial charge on any atom is -0.497 e. The van der Waals surface area contributed by atoms with Crippen molar-refractivity contribution >= 4 is 12.4 Å². The normalized spacial score (nSPS) is 16.7. The Morgan fingerprint density at radius 1 is 0.844 bits per heavy atom. The van der Waals surface area contributed by atoms with Gasteiger partial charge >= 0.3 is 0 Å². The van der Waals surface area contributed by atoms with E-state index >= 15 is 0 Å². The Balaban J connectivity index is 0.00000289. The van der Waals surface area contributed by atoms with Gasteiger partial charge in [0, 0.05) is 32.7 Å². The van der Waals surface area contributed by atoms with Gasteiger partial charge < -0.3 is 9.84 Å². The predicted molar refractivity (Wildman–Crippen MR) is 132 cm³/mol. The number of nitrogens with zero attached hydrogens (tertiary/aromatic N) is 2. The standard InChI is InChI=1S/C27H32N2O2.ClH/c1-21-8-6-7-11-25(21)26(27(30)23-9-4-3-5-10-23)29-18-16-28(17-19-29)20-22-12-14-24(31-2)15-13-22;/h3-15,26-27,30H,16-20H2,1-2H3;1H. The molecular weight excluding hydrogens is 420 g/mol. The van der Waals surface area contributed by atoms with Crippen LogP contribution in [0.3, 0.4) is 0 Å². The van der Waals surface area contributed by atoms with Crippen LogP contribution < -0.4 is 4.74 Å². The highest BCUT2D eigenvalue weighted by atomic mass is 35.5. The lowest BCUT2D eigenvalue weighted by atomic mass is 9.91. The minimum absolute atomic E-state index is 0. The van der Waals surface area contributed by atoms with E-state index in [2.05, 4.69) is 53.1 Å². The number of aliphatic hydroxyl groups is 1. The summed E-state index contributed by atoms with van der Waals surface area (Å²) in [7, 11) is 1.70. The maximum absolute atomic E-state index is 11.4. The summed E-state index contributed by atoms with van der Waals surface area (Å²) in [6.45, 7) is 6.90. The highest BCUT2D eigenvalue weighted by Crippen LogP contribution is 2.36. The number of benzene rings is 3. The van der Waals surface area contributed by atoms with E-state index in [9.17, 15) is 5.11 Å². The van der Waals surface area contributed by atoms with Crippen molar-refractivity contribution in [1.29, 1.82) is 0 Å².